The van der Waals surface area contributed by atoms with Gasteiger partial charge in [0.05, 0.1) is 0 Å². The van der Waals surface area contributed by atoms with E-state index in [4.69, 9.17) is 0 Å². The summed E-state index contributed by atoms with van der Waals surface area (Å²) in [6, 6.07) is 9.99. The highest BCUT2D eigenvalue weighted by Crippen LogP contribution is 2.36. The molecular weight excluding hydrogens is 282 g/mol. The predicted molar refractivity (Wildman–Crippen MR) is 84.1 cm³/mol. The zero-order valence-corrected chi connectivity index (χ0v) is 12.9. The average molecular weight is 301 g/mol. The molecular formula is C16H19N3OS. The maximum atomic E-state index is 12.9. The number of benzene rings is 1. The van der Waals surface area contributed by atoms with Crippen LogP contribution in [0.25, 0.3) is 0 Å². The van der Waals surface area contributed by atoms with Gasteiger partial charge in [-0.3, -0.25) is 4.79 Å². The topological polar surface area (TPSA) is 38.1 Å². The van der Waals surface area contributed by atoms with E-state index in [2.05, 4.69) is 4.98 Å². The molecule has 0 radical (unpaired) electrons. The number of aryl methyl sites for hydroxylation is 1. The van der Waals surface area contributed by atoms with Gasteiger partial charge in [-0.05, 0) is 18.4 Å². The Morgan fingerprint density at radius 2 is 1.95 bits per heavy atom. The minimum absolute atomic E-state index is 0.201. The Kier molecular flexibility index (Phi) is 4.29. The van der Waals surface area contributed by atoms with E-state index < -0.39 is 0 Å². The maximum absolute atomic E-state index is 12.9. The molecule has 1 aromatic heterocycles. The van der Waals surface area contributed by atoms with E-state index in [1.54, 1.807) is 6.20 Å². The monoisotopic (exact) mass is 301 g/mol. The van der Waals surface area contributed by atoms with E-state index in [-0.39, 0.29) is 11.2 Å². The van der Waals surface area contributed by atoms with Crippen molar-refractivity contribution in [3.05, 3.63) is 48.3 Å². The number of imidazole rings is 1. The third-order valence-corrected chi connectivity index (χ3v) is 5.06. The molecule has 3 rings (SSSR count). The van der Waals surface area contributed by atoms with Crippen LogP contribution in [-0.2, 0) is 11.8 Å². The highest BCUT2D eigenvalue weighted by atomic mass is 32.2. The summed E-state index contributed by atoms with van der Waals surface area (Å²) < 4.78 is 1.96. The van der Waals surface area contributed by atoms with Gasteiger partial charge in [0, 0.05) is 32.5 Å². The van der Waals surface area contributed by atoms with Gasteiger partial charge >= 0.3 is 0 Å². The van der Waals surface area contributed by atoms with Crippen molar-refractivity contribution in [3.8, 4) is 0 Å². The second kappa shape index (κ2) is 6.35. The fraction of sp³-hybridized carbons (Fsp3) is 0.375. The minimum Gasteiger partial charge on any atom is -0.341 e. The van der Waals surface area contributed by atoms with E-state index in [9.17, 15) is 4.79 Å². The number of nitrogens with zero attached hydrogens (tertiary/aromatic N) is 3. The lowest BCUT2D eigenvalue weighted by molar-refractivity contribution is -0.129. The third kappa shape index (κ3) is 3.13. The second-order valence-electron chi connectivity index (χ2n) is 5.26. The fourth-order valence-corrected chi connectivity index (χ4v) is 3.67. The molecule has 5 heteroatoms. The SMILES string of the molecule is Cn1ccnc1SC(C(=O)N1CCCC1)c1ccccc1. The smallest absolute Gasteiger partial charge is 0.240 e. The molecule has 1 aliphatic heterocycles. The summed E-state index contributed by atoms with van der Waals surface area (Å²) in [6.07, 6.45) is 5.90. The summed E-state index contributed by atoms with van der Waals surface area (Å²) in [5, 5.41) is 0.654. The lowest BCUT2D eigenvalue weighted by atomic mass is 10.1. The van der Waals surface area contributed by atoms with Crippen LogP contribution in [0.1, 0.15) is 23.7 Å². The van der Waals surface area contributed by atoms with Crippen LogP contribution in [0.15, 0.2) is 47.9 Å². The van der Waals surface area contributed by atoms with Crippen LogP contribution in [0, 0.1) is 0 Å². The van der Waals surface area contributed by atoms with Gasteiger partial charge in [0.15, 0.2) is 5.16 Å². The Labute approximate surface area is 129 Å². The first kappa shape index (κ1) is 14.2. The van der Waals surface area contributed by atoms with Gasteiger partial charge in [0.2, 0.25) is 5.91 Å². The number of aromatic nitrogens is 2. The van der Waals surface area contributed by atoms with Gasteiger partial charge in [-0.2, -0.15) is 0 Å². The molecule has 4 nitrogen and oxygen atoms in total. The number of carbonyl (C=O) groups excluding carboxylic acids is 1. The number of amides is 1. The molecule has 0 saturated carbocycles. The zero-order chi connectivity index (χ0) is 14.7. The summed E-state index contributed by atoms with van der Waals surface area (Å²) in [5.41, 5.74) is 1.04. The van der Waals surface area contributed by atoms with Crippen molar-refractivity contribution >= 4 is 17.7 Å². The molecule has 2 aromatic rings. The van der Waals surface area contributed by atoms with Crippen molar-refractivity contribution in [3.63, 3.8) is 0 Å². The van der Waals surface area contributed by atoms with E-state index in [1.807, 2.05) is 53.0 Å². The van der Waals surface area contributed by atoms with Crippen molar-refractivity contribution in [1.82, 2.24) is 14.5 Å². The largest absolute Gasteiger partial charge is 0.341 e. The molecule has 1 aromatic carbocycles. The second-order valence-corrected chi connectivity index (χ2v) is 6.33. The Hall–Kier alpha value is -1.75. The zero-order valence-electron chi connectivity index (χ0n) is 12.1. The molecule has 0 bridgehead atoms. The summed E-state index contributed by atoms with van der Waals surface area (Å²) in [7, 11) is 1.96. The summed E-state index contributed by atoms with van der Waals surface area (Å²) in [5.74, 6) is 0.201. The average Bonchev–Trinajstić information content (AvgIpc) is 3.17. The summed E-state index contributed by atoms with van der Waals surface area (Å²) in [6.45, 7) is 1.76. The number of carbonyl (C=O) groups is 1. The molecule has 1 fully saturated rings. The normalized spacial score (nSPS) is 16.1. The number of likely N-dealkylation sites (tertiary alicyclic amines) is 1. The Bertz CT molecular complexity index is 605. The number of rotatable bonds is 4. The molecule has 110 valence electrons. The number of thioether (sulfide) groups is 1. The number of hydrogen-bond acceptors (Lipinski definition) is 3. The Balaban J connectivity index is 1.87. The van der Waals surface area contributed by atoms with Gasteiger partial charge in [0.1, 0.15) is 5.25 Å². The van der Waals surface area contributed by atoms with Crippen molar-refractivity contribution < 1.29 is 4.79 Å². The molecule has 1 amide bonds. The van der Waals surface area contributed by atoms with Crippen LogP contribution in [0.3, 0.4) is 0 Å². The first-order valence-corrected chi connectivity index (χ1v) is 8.11. The summed E-state index contributed by atoms with van der Waals surface area (Å²) >= 11 is 1.53. The highest BCUT2D eigenvalue weighted by molar-refractivity contribution is 8.00. The van der Waals surface area contributed by atoms with E-state index in [0.717, 1.165) is 36.7 Å². The highest BCUT2D eigenvalue weighted by Gasteiger charge is 2.29. The Morgan fingerprint density at radius 1 is 1.24 bits per heavy atom. The van der Waals surface area contributed by atoms with Gasteiger partial charge in [-0.25, -0.2) is 4.98 Å². The molecule has 0 N–H and O–H groups in total. The molecule has 0 aliphatic carbocycles. The maximum Gasteiger partial charge on any atom is 0.240 e. The quantitative estimate of drug-likeness (QED) is 0.815. The van der Waals surface area contributed by atoms with Crippen LogP contribution in [0.2, 0.25) is 0 Å². The minimum atomic E-state index is -0.217. The molecule has 1 aliphatic rings. The van der Waals surface area contributed by atoms with E-state index in [0.29, 0.717) is 0 Å². The van der Waals surface area contributed by atoms with Crippen molar-refractivity contribution in [2.45, 2.75) is 23.2 Å². The number of hydrogen-bond donors (Lipinski definition) is 0. The van der Waals surface area contributed by atoms with Crippen molar-refractivity contribution in [1.29, 1.82) is 0 Å². The lowest BCUT2D eigenvalue weighted by Crippen LogP contribution is -2.31. The van der Waals surface area contributed by atoms with Crippen LogP contribution < -0.4 is 0 Å². The lowest BCUT2D eigenvalue weighted by Gasteiger charge is -2.22. The standard InChI is InChI=1S/C16H19N3OS/c1-18-12-9-17-16(18)21-14(13-7-3-2-4-8-13)15(20)19-10-5-6-11-19/h2-4,7-9,12,14H,5-6,10-11H2,1H3. The fourth-order valence-electron chi connectivity index (χ4n) is 2.56. The summed E-state index contributed by atoms with van der Waals surface area (Å²) in [4.78, 5) is 19.2. The van der Waals surface area contributed by atoms with Crippen molar-refractivity contribution in [2.24, 2.45) is 7.05 Å². The predicted octanol–water partition coefficient (Wildman–Crippen LogP) is 2.88. The van der Waals surface area contributed by atoms with Gasteiger partial charge < -0.3 is 9.47 Å². The van der Waals surface area contributed by atoms with E-state index >= 15 is 0 Å². The third-order valence-electron chi connectivity index (χ3n) is 3.74. The van der Waals surface area contributed by atoms with Crippen LogP contribution in [-0.4, -0.2) is 33.4 Å². The van der Waals surface area contributed by atoms with Gasteiger partial charge in [0.25, 0.3) is 0 Å². The molecule has 1 saturated heterocycles. The van der Waals surface area contributed by atoms with Crippen LogP contribution in [0.5, 0.6) is 0 Å². The van der Waals surface area contributed by atoms with Crippen LogP contribution >= 0.6 is 11.8 Å². The van der Waals surface area contributed by atoms with Crippen LogP contribution in [0.4, 0.5) is 0 Å². The molecule has 21 heavy (non-hydrogen) atoms. The van der Waals surface area contributed by atoms with Crippen molar-refractivity contribution in [2.75, 3.05) is 13.1 Å². The Morgan fingerprint density at radius 3 is 2.57 bits per heavy atom. The molecule has 0 spiro atoms. The van der Waals surface area contributed by atoms with Gasteiger partial charge in [-0.1, -0.05) is 42.1 Å². The molecule has 1 unspecified atom stereocenters. The van der Waals surface area contributed by atoms with Gasteiger partial charge in [-0.15, -0.1) is 0 Å². The first-order valence-electron chi connectivity index (χ1n) is 7.23. The molecule has 1 atom stereocenters. The first-order chi connectivity index (χ1) is 10.3. The molecule has 2 heterocycles. The van der Waals surface area contributed by atoms with E-state index in [1.165, 1.54) is 11.8 Å².